The van der Waals surface area contributed by atoms with Crippen LogP contribution in [0.2, 0.25) is 10.4 Å². The fraction of sp³-hybridized carbons (Fsp3) is 0. The van der Waals surface area contributed by atoms with Gasteiger partial charge >= 0.3 is 0 Å². The van der Waals surface area contributed by atoms with Crippen molar-refractivity contribution in [2.45, 2.75) is 0 Å². The van der Waals surface area contributed by atoms with E-state index >= 15 is 0 Å². The van der Waals surface area contributed by atoms with Crippen LogP contribution in [0, 0.1) is 0 Å². The quantitative estimate of drug-likeness (QED) is 0.452. The van der Waals surface area contributed by atoms with Crippen molar-refractivity contribution >= 4 is 56.2 Å². The molecule has 0 aliphatic heterocycles. The lowest BCUT2D eigenvalue weighted by Gasteiger charge is -1.92. The van der Waals surface area contributed by atoms with Gasteiger partial charge in [0.1, 0.15) is 16.7 Å². The monoisotopic (exact) mass is 277 g/mol. The van der Waals surface area contributed by atoms with Crippen LogP contribution in [0.15, 0.2) is 39.2 Å². The van der Waals surface area contributed by atoms with Crippen LogP contribution in [0.3, 0.4) is 0 Å². The summed E-state index contributed by atoms with van der Waals surface area (Å²) in [6.45, 7) is 0. The second-order valence-electron chi connectivity index (χ2n) is 4.00. The average Bonchev–Trinajstić information content (AvgIpc) is 2.84. The minimum Gasteiger partial charge on any atom is -0.456 e. The lowest BCUT2D eigenvalue weighted by Crippen LogP contribution is -1.70. The molecule has 2 aromatic carbocycles. The van der Waals surface area contributed by atoms with E-state index in [0.29, 0.717) is 21.7 Å². The summed E-state index contributed by atoms with van der Waals surface area (Å²) < 4.78 is 11.0. The third kappa shape index (κ3) is 1.29. The first-order chi connectivity index (χ1) is 8.72. The van der Waals surface area contributed by atoms with E-state index in [1.54, 1.807) is 6.07 Å². The first-order valence-electron chi connectivity index (χ1n) is 5.29. The van der Waals surface area contributed by atoms with Crippen molar-refractivity contribution in [3.63, 3.8) is 0 Å². The standard InChI is InChI=1S/C13H5Cl2NO2/c14-7-2-1-3-9-12(7)6-4-8-11(5-10(6)17-9)18-13(15)16-8/h1-5H. The highest BCUT2D eigenvalue weighted by atomic mass is 35.5. The topological polar surface area (TPSA) is 39.2 Å². The Balaban J connectivity index is 2.27. The molecule has 2 heterocycles. The Labute approximate surface area is 111 Å². The van der Waals surface area contributed by atoms with Crippen molar-refractivity contribution in [1.82, 2.24) is 4.98 Å². The van der Waals surface area contributed by atoms with Gasteiger partial charge in [-0.15, -0.1) is 0 Å². The second-order valence-corrected chi connectivity index (χ2v) is 4.73. The Kier molecular flexibility index (Phi) is 1.93. The van der Waals surface area contributed by atoms with E-state index in [4.69, 9.17) is 32.0 Å². The van der Waals surface area contributed by atoms with Crippen molar-refractivity contribution in [3.05, 3.63) is 40.7 Å². The Morgan fingerprint density at radius 2 is 1.83 bits per heavy atom. The zero-order valence-corrected chi connectivity index (χ0v) is 10.4. The van der Waals surface area contributed by atoms with Gasteiger partial charge in [0.25, 0.3) is 5.35 Å². The van der Waals surface area contributed by atoms with Crippen molar-refractivity contribution < 1.29 is 8.83 Å². The summed E-state index contributed by atoms with van der Waals surface area (Å²) in [5.41, 5.74) is 2.74. The fourth-order valence-corrected chi connectivity index (χ4v) is 2.62. The van der Waals surface area contributed by atoms with Crippen molar-refractivity contribution in [2.75, 3.05) is 0 Å². The van der Waals surface area contributed by atoms with Crippen LogP contribution in [0.4, 0.5) is 0 Å². The molecule has 0 saturated heterocycles. The molecule has 0 bridgehead atoms. The Morgan fingerprint density at radius 1 is 0.944 bits per heavy atom. The molecule has 0 unspecified atom stereocenters. The van der Waals surface area contributed by atoms with Crippen LogP contribution in [-0.2, 0) is 0 Å². The number of hydrogen-bond donors (Lipinski definition) is 0. The number of benzene rings is 2. The largest absolute Gasteiger partial charge is 0.456 e. The molecule has 5 heteroatoms. The van der Waals surface area contributed by atoms with Crippen LogP contribution < -0.4 is 0 Å². The minimum absolute atomic E-state index is 0.119. The molecule has 0 amide bonds. The first kappa shape index (κ1) is 10.2. The molecule has 4 aromatic rings. The predicted octanol–water partition coefficient (Wildman–Crippen LogP) is 5.03. The van der Waals surface area contributed by atoms with Gasteiger partial charge in [-0.05, 0) is 29.8 Å². The SMILES string of the molecule is Clc1nc2cc3c(cc2o1)oc1cccc(Cl)c13. The molecule has 4 rings (SSSR count). The number of oxazole rings is 1. The summed E-state index contributed by atoms with van der Waals surface area (Å²) in [6.07, 6.45) is 0. The Hall–Kier alpha value is -1.71. The highest BCUT2D eigenvalue weighted by Gasteiger charge is 2.13. The molecule has 0 aliphatic rings. The van der Waals surface area contributed by atoms with Crippen LogP contribution in [0.5, 0.6) is 0 Å². The molecule has 18 heavy (non-hydrogen) atoms. The number of rotatable bonds is 0. The third-order valence-electron chi connectivity index (χ3n) is 2.93. The minimum atomic E-state index is 0.119. The molecule has 0 aliphatic carbocycles. The van der Waals surface area contributed by atoms with Crippen LogP contribution in [0.25, 0.3) is 33.0 Å². The van der Waals surface area contributed by atoms with Gasteiger partial charge in [-0.3, -0.25) is 0 Å². The summed E-state index contributed by atoms with van der Waals surface area (Å²) >= 11 is 11.9. The number of nitrogens with zero attached hydrogens (tertiary/aromatic N) is 1. The lowest BCUT2D eigenvalue weighted by molar-refractivity contribution is 0.603. The van der Waals surface area contributed by atoms with Crippen molar-refractivity contribution in [3.8, 4) is 0 Å². The van der Waals surface area contributed by atoms with Gasteiger partial charge in [0.2, 0.25) is 0 Å². The van der Waals surface area contributed by atoms with Crippen LogP contribution >= 0.6 is 23.2 Å². The molecule has 88 valence electrons. The van der Waals surface area contributed by atoms with E-state index in [2.05, 4.69) is 4.98 Å². The lowest BCUT2D eigenvalue weighted by atomic mass is 10.1. The van der Waals surface area contributed by atoms with Gasteiger partial charge in [0, 0.05) is 16.8 Å². The van der Waals surface area contributed by atoms with E-state index in [0.717, 1.165) is 16.4 Å². The molecular weight excluding hydrogens is 273 g/mol. The number of aromatic nitrogens is 1. The van der Waals surface area contributed by atoms with Gasteiger partial charge < -0.3 is 8.83 Å². The van der Waals surface area contributed by atoms with Crippen LogP contribution in [-0.4, -0.2) is 4.98 Å². The van der Waals surface area contributed by atoms with E-state index in [-0.39, 0.29) is 5.35 Å². The summed E-state index contributed by atoms with van der Waals surface area (Å²) in [4.78, 5) is 4.09. The molecule has 3 nitrogen and oxygen atoms in total. The Morgan fingerprint density at radius 3 is 2.72 bits per heavy atom. The maximum atomic E-state index is 6.20. The van der Waals surface area contributed by atoms with Gasteiger partial charge in [-0.25, -0.2) is 0 Å². The normalized spacial score (nSPS) is 11.9. The van der Waals surface area contributed by atoms with Gasteiger partial charge in [-0.2, -0.15) is 4.98 Å². The Bertz CT molecular complexity index is 907. The van der Waals surface area contributed by atoms with Gasteiger partial charge in [0.15, 0.2) is 5.58 Å². The summed E-state index contributed by atoms with van der Waals surface area (Å²) in [7, 11) is 0. The fourth-order valence-electron chi connectivity index (χ4n) is 2.18. The molecule has 2 aromatic heterocycles. The van der Waals surface area contributed by atoms with Crippen molar-refractivity contribution in [2.24, 2.45) is 0 Å². The smallest absolute Gasteiger partial charge is 0.293 e. The maximum absolute atomic E-state index is 6.20. The summed E-state index contributed by atoms with van der Waals surface area (Å²) in [5, 5.41) is 2.57. The molecular formula is C13H5Cl2NO2. The number of furan rings is 1. The molecule has 0 atom stereocenters. The second kappa shape index (κ2) is 3.40. The number of halogens is 2. The van der Waals surface area contributed by atoms with Crippen molar-refractivity contribution in [1.29, 1.82) is 0 Å². The molecule has 0 fully saturated rings. The zero-order chi connectivity index (χ0) is 12.3. The highest BCUT2D eigenvalue weighted by molar-refractivity contribution is 6.37. The molecule has 0 radical (unpaired) electrons. The average molecular weight is 278 g/mol. The first-order valence-corrected chi connectivity index (χ1v) is 6.05. The number of hydrogen-bond acceptors (Lipinski definition) is 3. The van der Waals surface area contributed by atoms with Crippen LogP contribution in [0.1, 0.15) is 0 Å². The predicted molar refractivity (Wildman–Crippen MR) is 71.3 cm³/mol. The van der Waals surface area contributed by atoms with E-state index in [1.165, 1.54) is 0 Å². The van der Waals surface area contributed by atoms with Gasteiger partial charge in [0.05, 0.1) is 5.02 Å². The maximum Gasteiger partial charge on any atom is 0.293 e. The van der Waals surface area contributed by atoms with Gasteiger partial charge in [-0.1, -0.05) is 17.7 Å². The molecule has 0 saturated carbocycles. The number of fused-ring (bicyclic) bond motifs is 4. The molecule has 0 N–H and O–H groups in total. The molecule has 0 spiro atoms. The van der Waals surface area contributed by atoms with E-state index in [1.807, 2.05) is 24.3 Å². The summed E-state index contributed by atoms with van der Waals surface area (Å²) in [6, 6.07) is 9.21. The third-order valence-corrected chi connectivity index (χ3v) is 3.40. The van der Waals surface area contributed by atoms with E-state index in [9.17, 15) is 0 Å². The zero-order valence-electron chi connectivity index (χ0n) is 8.91. The van der Waals surface area contributed by atoms with E-state index < -0.39 is 0 Å². The highest BCUT2D eigenvalue weighted by Crippen LogP contribution is 2.36. The summed E-state index contributed by atoms with van der Waals surface area (Å²) in [5.74, 6) is 0.